The first-order valence-corrected chi connectivity index (χ1v) is 10.1. The fourth-order valence-corrected chi connectivity index (χ4v) is 3.52. The van der Waals surface area contributed by atoms with Crippen LogP contribution < -0.4 is 15.0 Å². The van der Waals surface area contributed by atoms with Crippen LogP contribution in [0, 0.1) is 0 Å². The van der Waals surface area contributed by atoms with Crippen molar-refractivity contribution in [2.45, 2.75) is 45.4 Å². The molecule has 0 aromatic heterocycles. The smallest absolute Gasteiger partial charge is 0.318 e. The van der Waals surface area contributed by atoms with Gasteiger partial charge < -0.3 is 19.9 Å². The Morgan fingerprint density at radius 3 is 2.69 bits per heavy atom. The summed E-state index contributed by atoms with van der Waals surface area (Å²) in [6.45, 7) is 5.01. The molecule has 1 atom stereocenters. The summed E-state index contributed by atoms with van der Waals surface area (Å²) in [6.07, 6.45) is 1.62. The Balaban J connectivity index is 1.60. The topological polar surface area (TPSA) is 61.9 Å². The minimum atomic E-state index is -0.459. The zero-order valence-corrected chi connectivity index (χ0v) is 17.3. The van der Waals surface area contributed by atoms with Crippen LogP contribution in [0.1, 0.15) is 32.3 Å². The third-order valence-corrected chi connectivity index (χ3v) is 4.98. The van der Waals surface area contributed by atoms with Crippen molar-refractivity contribution in [1.29, 1.82) is 0 Å². The number of ether oxygens (including phenoxy) is 1. The zero-order valence-electron chi connectivity index (χ0n) is 17.3. The van der Waals surface area contributed by atoms with Gasteiger partial charge in [-0.2, -0.15) is 0 Å². The number of piperidine rings is 1. The van der Waals surface area contributed by atoms with Gasteiger partial charge in [-0.15, -0.1) is 0 Å². The molecule has 0 saturated carbocycles. The monoisotopic (exact) mass is 395 g/mol. The molecule has 3 rings (SSSR count). The number of likely N-dealkylation sites (N-methyl/N-ethyl adjacent to an activating group) is 1. The number of para-hydroxylation sites is 1. The van der Waals surface area contributed by atoms with Crippen LogP contribution in [-0.4, -0.2) is 42.6 Å². The van der Waals surface area contributed by atoms with E-state index < -0.39 is 6.04 Å². The van der Waals surface area contributed by atoms with Crippen molar-refractivity contribution in [1.82, 2.24) is 10.2 Å². The molecule has 1 saturated heterocycles. The predicted molar refractivity (Wildman–Crippen MR) is 114 cm³/mol. The molecule has 2 aromatic carbocycles. The average Bonchev–Trinajstić information content (AvgIpc) is 2.72. The lowest BCUT2D eigenvalue weighted by atomic mass is 10.0. The van der Waals surface area contributed by atoms with Crippen molar-refractivity contribution >= 4 is 17.6 Å². The number of hydrogen-bond acceptors (Lipinski definition) is 3. The number of nitrogens with zero attached hydrogens (tertiary/aromatic N) is 2. The molecule has 6 heteroatoms. The van der Waals surface area contributed by atoms with Gasteiger partial charge in [-0.3, -0.25) is 4.79 Å². The number of anilines is 1. The molecule has 0 aliphatic carbocycles. The maximum Gasteiger partial charge on any atom is 0.318 e. The summed E-state index contributed by atoms with van der Waals surface area (Å²) >= 11 is 0. The molecule has 0 radical (unpaired) electrons. The van der Waals surface area contributed by atoms with Gasteiger partial charge >= 0.3 is 6.03 Å². The molecule has 1 unspecified atom stereocenters. The zero-order chi connectivity index (χ0) is 20.8. The fourth-order valence-electron chi connectivity index (χ4n) is 3.52. The van der Waals surface area contributed by atoms with Gasteiger partial charge in [-0.1, -0.05) is 30.3 Å². The number of amides is 3. The molecule has 1 N–H and O–H groups in total. The summed E-state index contributed by atoms with van der Waals surface area (Å²) < 4.78 is 5.70. The second-order valence-corrected chi connectivity index (χ2v) is 7.57. The highest BCUT2D eigenvalue weighted by molar-refractivity contribution is 5.99. The third kappa shape index (κ3) is 5.28. The van der Waals surface area contributed by atoms with E-state index in [2.05, 4.69) is 5.32 Å². The van der Waals surface area contributed by atoms with Crippen molar-refractivity contribution < 1.29 is 14.3 Å². The van der Waals surface area contributed by atoms with Gasteiger partial charge in [0.05, 0.1) is 6.10 Å². The van der Waals surface area contributed by atoms with Crippen LogP contribution in [0.15, 0.2) is 54.6 Å². The minimum absolute atomic E-state index is 0.0348. The van der Waals surface area contributed by atoms with Crippen molar-refractivity contribution in [3.63, 3.8) is 0 Å². The van der Waals surface area contributed by atoms with E-state index >= 15 is 0 Å². The number of carbonyl (C=O) groups is 2. The van der Waals surface area contributed by atoms with Gasteiger partial charge in [0.15, 0.2) is 0 Å². The Hall–Kier alpha value is -3.02. The highest BCUT2D eigenvalue weighted by atomic mass is 16.5. The molecule has 6 nitrogen and oxygen atoms in total. The Kier molecular flexibility index (Phi) is 6.75. The summed E-state index contributed by atoms with van der Waals surface area (Å²) in [6, 6.07) is 16.6. The van der Waals surface area contributed by atoms with E-state index in [0.717, 1.165) is 23.4 Å². The molecule has 1 aliphatic heterocycles. The first-order chi connectivity index (χ1) is 14.0. The minimum Gasteiger partial charge on any atom is -0.491 e. The Bertz CT molecular complexity index is 838. The molecule has 29 heavy (non-hydrogen) atoms. The third-order valence-electron chi connectivity index (χ3n) is 4.98. The normalized spacial score (nSPS) is 16.6. The molecular weight excluding hydrogens is 366 g/mol. The van der Waals surface area contributed by atoms with Gasteiger partial charge in [0, 0.05) is 25.8 Å². The van der Waals surface area contributed by atoms with Crippen LogP contribution >= 0.6 is 0 Å². The summed E-state index contributed by atoms with van der Waals surface area (Å²) in [4.78, 5) is 28.9. The van der Waals surface area contributed by atoms with Gasteiger partial charge in [0.1, 0.15) is 11.8 Å². The highest BCUT2D eigenvalue weighted by Crippen LogP contribution is 2.23. The molecule has 1 fully saturated rings. The Morgan fingerprint density at radius 2 is 1.97 bits per heavy atom. The van der Waals surface area contributed by atoms with Gasteiger partial charge in [0.25, 0.3) is 0 Å². The number of urea groups is 1. The number of benzene rings is 2. The fraction of sp³-hybridized carbons (Fsp3) is 0.391. The molecular formula is C23H29N3O3. The largest absolute Gasteiger partial charge is 0.491 e. The summed E-state index contributed by atoms with van der Waals surface area (Å²) in [5.74, 6) is 0.744. The number of hydrogen-bond donors (Lipinski definition) is 1. The molecule has 1 aliphatic rings. The molecule has 1 heterocycles. The van der Waals surface area contributed by atoms with Crippen molar-refractivity contribution in [3.05, 3.63) is 60.2 Å². The molecule has 0 spiro atoms. The Labute approximate surface area is 172 Å². The van der Waals surface area contributed by atoms with E-state index in [1.165, 1.54) is 4.90 Å². The van der Waals surface area contributed by atoms with E-state index in [-0.39, 0.29) is 18.0 Å². The van der Waals surface area contributed by atoms with E-state index in [4.69, 9.17) is 4.74 Å². The summed E-state index contributed by atoms with van der Waals surface area (Å²) in [5.41, 5.74) is 1.82. The second-order valence-electron chi connectivity index (χ2n) is 7.57. The first-order valence-electron chi connectivity index (χ1n) is 10.1. The van der Waals surface area contributed by atoms with Crippen LogP contribution in [0.4, 0.5) is 10.5 Å². The maximum absolute atomic E-state index is 13.0. The first kappa shape index (κ1) is 20.7. The van der Waals surface area contributed by atoms with E-state index in [9.17, 15) is 9.59 Å². The number of carbonyl (C=O) groups excluding carboxylic acids is 2. The van der Waals surface area contributed by atoms with Crippen LogP contribution in [0.2, 0.25) is 0 Å². The second kappa shape index (κ2) is 9.45. The number of rotatable bonds is 6. The maximum atomic E-state index is 13.0. The van der Waals surface area contributed by atoms with E-state index in [1.54, 1.807) is 11.9 Å². The molecule has 2 aromatic rings. The summed E-state index contributed by atoms with van der Waals surface area (Å²) in [7, 11) is 1.69. The van der Waals surface area contributed by atoms with Gasteiger partial charge in [-0.05, 0) is 56.5 Å². The lowest BCUT2D eigenvalue weighted by Crippen LogP contribution is -2.55. The van der Waals surface area contributed by atoms with Crippen molar-refractivity contribution in [3.8, 4) is 5.75 Å². The van der Waals surface area contributed by atoms with Crippen LogP contribution in [0.25, 0.3) is 0 Å². The van der Waals surface area contributed by atoms with Crippen LogP contribution in [-0.2, 0) is 11.3 Å². The average molecular weight is 396 g/mol. The van der Waals surface area contributed by atoms with Crippen LogP contribution in [0.3, 0.4) is 0 Å². The molecule has 3 amide bonds. The lowest BCUT2D eigenvalue weighted by Gasteiger charge is -2.36. The highest BCUT2D eigenvalue weighted by Gasteiger charge is 2.34. The molecule has 0 bridgehead atoms. The predicted octanol–water partition coefficient (Wildman–Crippen LogP) is 3.81. The summed E-state index contributed by atoms with van der Waals surface area (Å²) in [5, 5.41) is 2.91. The van der Waals surface area contributed by atoms with Crippen LogP contribution in [0.5, 0.6) is 5.75 Å². The lowest BCUT2D eigenvalue weighted by molar-refractivity contribution is -0.123. The SMILES string of the molecule is CC(C)Oc1cccc(CNC(=O)N(C)C2CCCN(c3ccccc3)C2=O)c1. The quantitative estimate of drug-likeness (QED) is 0.809. The van der Waals surface area contributed by atoms with E-state index in [0.29, 0.717) is 19.5 Å². The van der Waals surface area contributed by atoms with E-state index in [1.807, 2.05) is 68.4 Å². The van der Waals surface area contributed by atoms with Crippen molar-refractivity contribution in [2.75, 3.05) is 18.5 Å². The van der Waals surface area contributed by atoms with Gasteiger partial charge in [0.2, 0.25) is 5.91 Å². The standard InChI is InChI=1S/C23H29N3O3/c1-17(2)29-20-12-7-9-18(15-20)16-24-23(28)25(3)21-13-8-14-26(22(21)27)19-10-5-4-6-11-19/h4-7,9-12,15,17,21H,8,13-14,16H2,1-3H3,(H,24,28). The van der Waals surface area contributed by atoms with Gasteiger partial charge in [-0.25, -0.2) is 4.79 Å². The Morgan fingerprint density at radius 1 is 1.21 bits per heavy atom. The molecule has 154 valence electrons. The number of nitrogens with one attached hydrogen (secondary N) is 1. The van der Waals surface area contributed by atoms with Crippen molar-refractivity contribution in [2.24, 2.45) is 0 Å².